The molecule has 1 aromatic carbocycles. The van der Waals surface area contributed by atoms with Gasteiger partial charge >= 0.3 is 0 Å². The van der Waals surface area contributed by atoms with Gasteiger partial charge in [-0.05, 0) is 48.6 Å². The summed E-state index contributed by atoms with van der Waals surface area (Å²) >= 11 is 0. The Bertz CT molecular complexity index is 565. The van der Waals surface area contributed by atoms with Gasteiger partial charge in [-0.25, -0.2) is 5.01 Å². The van der Waals surface area contributed by atoms with Crippen molar-refractivity contribution in [1.82, 2.24) is 0 Å². The fraction of sp³-hybridized carbons (Fsp3) is 0.500. The molecule has 0 radical (unpaired) electrons. The van der Waals surface area contributed by atoms with Gasteiger partial charge in [-0.1, -0.05) is 35.6 Å². The van der Waals surface area contributed by atoms with Crippen LogP contribution in [0.2, 0.25) is 0 Å². The number of anilines is 1. The first-order valence-electron chi connectivity index (χ1n) is 7.35. The molecule has 4 aliphatic rings. The van der Waals surface area contributed by atoms with Crippen molar-refractivity contribution in [2.75, 3.05) is 5.01 Å². The summed E-state index contributed by atoms with van der Waals surface area (Å²) in [5.74, 6) is 3.18. The molecule has 3 nitrogen and oxygen atoms in total. The molecule has 0 aromatic heterocycles. The molecule has 2 fully saturated rings. The van der Waals surface area contributed by atoms with Gasteiger partial charge in [-0.15, -0.1) is 0 Å². The van der Waals surface area contributed by atoms with Crippen molar-refractivity contribution in [3.8, 4) is 0 Å². The van der Waals surface area contributed by atoms with E-state index in [4.69, 9.17) is 0 Å². The Labute approximate surface area is 113 Å². The normalized spacial score (nSPS) is 44.9. The molecule has 96 valence electrons. The van der Waals surface area contributed by atoms with Crippen LogP contribution in [-0.4, -0.2) is 12.1 Å². The molecule has 6 atom stereocenters. The van der Waals surface area contributed by atoms with Gasteiger partial charge in [-0.3, -0.25) is 0 Å². The van der Waals surface area contributed by atoms with Crippen molar-refractivity contribution in [1.29, 1.82) is 0 Å². The molecule has 2 saturated carbocycles. The number of rotatable bonds is 1. The molecular formula is C16H17N3. The van der Waals surface area contributed by atoms with Gasteiger partial charge in [0, 0.05) is 0 Å². The van der Waals surface area contributed by atoms with Crippen molar-refractivity contribution >= 4 is 5.69 Å². The number of hydrogen-bond acceptors (Lipinski definition) is 3. The fourth-order valence-electron chi connectivity index (χ4n) is 4.99. The lowest BCUT2D eigenvalue weighted by molar-refractivity contribution is 0.238. The molecule has 0 saturated heterocycles. The van der Waals surface area contributed by atoms with Crippen molar-refractivity contribution < 1.29 is 0 Å². The smallest absolute Gasteiger partial charge is 0.0990 e. The van der Waals surface area contributed by atoms with E-state index in [2.05, 4.69) is 57.8 Å². The highest BCUT2D eigenvalue weighted by Gasteiger charge is 2.61. The lowest BCUT2D eigenvalue weighted by atomic mass is 9.76. The van der Waals surface area contributed by atoms with E-state index in [9.17, 15) is 0 Å². The lowest BCUT2D eigenvalue weighted by Crippen LogP contribution is -2.44. The van der Waals surface area contributed by atoms with Gasteiger partial charge in [0.2, 0.25) is 0 Å². The van der Waals surface area contributed by atoms with Gasteiger partial charge in [0.05, 0.1) is 17.8 Å². The monoisotopic (exact) mass is 251 g/mol. The van der Waals surface area contributed by atoms with E-state index in [1.807, 2.05) is 0 Å². The van der Waals surface area contributed by atoms with Crippen LogP contribution in [0.4, 0.5) is 5.69 Å². The molecule has 0 amide bonds. The highest BCUT2D eigenvalue weighted by molar-refractivity contribution is 5.48. The first-order valence-corrected chi connectivity index (χ1v) is 7.35. The van der Waals surface area contributed by atoms with Crippen molar-refractivity contribution in [3.63, 3.8) is 0 Å². The Morgan fingerprint density at radius 3 is 2.84 bits per heavy atom. The zero-order valence-electron chi connectivity index (χ0n) is 10.8. The summed E-state index contributed by atoms with van der Waals surface area (Å²) in [6.07, 6.45) is 7.47. The Kier molecular flexibility index (Phi) is 1.86. The molecule has 19 heavy (non-hydrogen) atoms. The molecule has 2 bridgehead atoms. The molecule has 5 rings (SSSR count). The summed E-state index contributed by atoms with van der Waals surface area (Å²) < 4.78 is 0. The molecule has 3 heteroatoms. The molecule has 0 N–H and O–H groups in total. The van der Waals surface area contributed by atoms with Gasteiger partial charge in [-0.2, -0.15) is 5.11 Å². The largest absolute Gasteiger partial charge is 0.242 e. The van der Waals surface area contributed by atoms with Crippen LogP contribution in [0.5, 0.6) is 0 Å². The van der Waals surface area contributed by atoms with Crippen LogP contribution in [0.25, 0.3) is 0 Å². The highest BCUT2D eigenvalue weighted by Crippen LogP contribution is 2.60. The molecule has 0 unspecified atom stereocenters. The second kappa shape index (κ2) is 3.47. The van der Waals surface area contributed by atoms with Gasteiger partial charge in [0.25, 0.3) is 0 Å². The maximum atomic E-state index is 4.62. The molecule has 1 aliphatic heterocycles. The zero-order valence-corrected chi connectivity index (χ0v) is 10.8. The number of para-hydroxylation sites is 1. The summed E-state index contributed by atoms with van der Waals surface area (Å²) in [7, 11) is 0. The van der Waals surface area contributed by atoms with Crippen molar-refractivity contribution in [2.45, 2.75) is 24.9 Å². The minimum atomic E-state index is 0.439. The van der Waals surface area contributed by atoms with Crippen LogP contribution in [-0.2, 0) is 0 Å². The van der Waals surface area contributed by atoms with Crippen LogP contribution in [0.1, 0.15) is 12.8 Å². The molecule has 3 aliphatic carbocycles. The molecule has 1 aromatic rings. The van der Waals surface area contributed by atoms with Crippen LogP contribution >= 0.6 is 0 Å². The third kappa shape index (κ3) is 1.18. The fourth-order valence-corrected chi connectivity index (χ4v) is 4.99. The van der Waals surface area contributed by atoms with Gasteiger partial charge < -0.3 is 0 Å². The summed E-state index contributed by atoms with van der Waals surface area (Å²) in [6.45, 7) is 0. The second-order valence-corrected chi connectivity index (χ2v) is 6.33. The van der Waals surface area contributed by atoms with E-state index in [0.717, 1.165) is 23.7 Å². The molecule has 1 heterocycles. The first-order chi connectivity index (χ1) is 9.43. The van der Waals surface area contributed by atoms with E-state index in [1.54, 1.807) is 0 Å². The SMILES string of the molecule is C1=C[C@@H]2[C@H](C1)[C@H]1C[C@@H]2[C@H]2N=NN(c3ccccc3)[C@@H]12. The quantitative estimate of drug-likeness (QED) is 0.702. The van der Waals surface area contributed by atoms with Crippen LogP contribution < -0.4 is 5.01 Å². The Hall–Kier alpha value is -1.64. The minimum absolute atomic E-state index is 0.439. The maximum Gasteiger partial charge on any atom is 0.0990 e. The molecule has 0 spiro atoms. The molecular weight excluding hydrogens is 234 g/mol. The summed E-state index contributed by atoms with van der Waals surface area (Å²) in [6, 6.07) is 11.5. The Balaban J connectivity index is 1.53. The van der Waals surface area contributed by atoms with Crippen molar-refractivity contribution in [3.05, 3.63) is 42.5 Å². The van der Waals surface area contributed by atoms with Gasteiger partial charge in [0.15, 0.2) is 0 Å². The average molecular weight is 251 g/mol. The lowest BCUT2D eigenvalue weighted by Gasteiger charge is -2.35. The third-order valence-electron chi connectivity index (χ3n) is 5.66. The Morgan fingerprint density at radius 1 is 1.05 bits per heavy atom. The topological polar surface area (TPSA) is 28.0 Å². The number of benzene rings is 1. The van der Waals surface area contributed by atoms with E-state index in [-0.39, 0.29) is 0 Å². The zero-order chi connectivity index (χ0) is 12.4. The summed E-state index contributed by atoms with van der Waals surface area (Å²) in [5, 5.41) is 11.3. The van der Waals surface area contributed by atoms with E-state index >= 15 is 0 Å². The minimum Gasteiger partial charge on any atom is -0.242 e. The number of allylic oxidation sites excluding steroid dienone is 2. The highest BCUT2D eigenvalue weighted by atomic mass is 15.6. The number of nitrogens with zero attached hydrogens (tertiary/aromatic N) is 3. The number of hydrogen-bond donors (Lipinski definition) is 0. The van der Waals surface area contributed by atoms with Crippen LogP contribution in [0.15, 0.2) is 52.8 Å². The second-order valence-electron chi connectivity index (χ2n) is 6.33. The summed E-state index contributed by atoms with van der Waals surface area (Å²) in [4.78, 5) is 0. The Morgan fingerprint density at radius 2 is 1.95 bits per heavy atom. The van der Waals surface area contributed by atoms with Crippen LogP contribution in [0, 0.1) is 23.7 Å². The average Bonchev–Trinajstić information content (AvgIpc) is 3.17. The van der Waals surface area contributed by atoms with Gasteiger partial charge in [0.1, 0.15) is 0 Å². The third-order valence-corrected chi connectivity index (χ3v) is 5.66. The predicted molar refractivity (Wildman–Crippen MR) is 73.7 cm³/mol. The van der Waals surface area contributed by atoms with E-state index in [1.165, 1.54) is 18.5 Å². The van der Waals surface area contributed by atoms with E-state index in [0.29, 0.717) is 12.1 Å². The maximum absolute atomic E-state index is 4.62. The van der Waals surface area contributed by atoms with Crippen LogP contribution in [0.3, 0.4) is 0 Å². The number of fused-ring (bicyclic) bond motifs is 8. The summed E-state index contributed by atoms with van der Waals surface area (Å²) in [5.41, 5.74) is 1.20. The van der Waals surface area contributed by atoms with Crippen molar-refractivity contribution in [2.24, 2.45) is 34.0 Å². The predicted octanol–water partition coefficient (Wildman–Crippen LogP) is 3.45. The van der Waals surface area contributed by atoms with E-state index < -0.39 is 0 Å². The first kappa shape index (κ1) is 10.2. The standard InChI is InChI=1S/C16H17N3/c1-2-5-10(6-3-1)19-16-14-9-13(15(16)17-18-19)11-7-4-8-12(11)14/h1-7,11-16H,8-9H2/t11-,12+,13+,14-,15-,16+/m1/s1.